The molecule has 3 aromatic rings. The molecule has 1 aliphatic rings. The third-order valence-corrected chi connectivity index (χ3v) is 8.14. The van der Waals surface area contributed by atoms with Gasteiger partial charge in [-0.3, -0.25) is 0 Å². The molecule has 2 heteroatoms. The molecular formula is C32H37FO. The monoisotopic (exact) mass is 456 g/mol. The number of allylic oxidation sites excluding steroid dienone is 1. The lowest BCUT2D eigenvalue weighted by Crippen LogP contribution is -2.12. The van der Waals surface area contributed by atoms with Gasteiger partial charge in [-0.05, 0) is 147 Å². The van der Waals surface area contributed by atoms with E-state index < -0.39 is 0 Å². The quantitative estimate of drug-likeness (QED) is 0.358. The van der Waals surface area contributed by atoms with Gasteiger partial charge in [-0.15, -0.1) is 0 Å². The van der Waals surface area contributed by atoms with Crippen LogP contribution in [0.15, 0.2) is 60.9 Å². The molecule has 0 unspecified atom stereocenters. The molecule has 0 saturated heterocycles. The van der Waals surface area contributed by atoms with E-state index in [4.69, 9.17) is 4.74 Å². The Bertz CT molecular complexity index is 1120. The third kappa shape index (κ3) is 5.12. The van der Waals surface area contributed by atoms with Crippen LogP contribution in [-0.4, -0.2) is 0 Å². The maximum atomic E-state index is 12.3. The standard InChI is InChI=1S/C32H37FO/c1-21-22(2)24(4)32(25(5)23(21)3)29-14-18-31(19-15-29)34-30-16-12-28(13-17-30)27-10-8-26(9-11-27)7-6-20-33/h6,12-20,26-27H,7-11H2,1-5H3/b20-6+. The molecule has 0 heterocycles. The Labute approximate surface area is 204 Å². The van der Waals surface area contributed by atoms with E-state index in [9.17, 15) is 4.39 Å². The molecule has 0 bridgehead atoms. The predicted octanol–water partition coefficient (Wildman–Crippen LogP) is 9.84. The molecule has 0 spiro atoms. The third-order valence-electron chi connectivity index (χ3n) is 8.14. The number of benzene rings is 3. The van der Waals surface area contributed by atoms with Crippen molar-refractivity contribution < 1.29 is 9.13 Å². The van der Waals surface area contributed by atoms with Crippen LogP contribution < -0.4 is 4.74 Å². The molecule has 1 saturated carbocycles. The highest BCUT2D eigenvalue weighted by atomic mass is 19.1. The second-order valence-electron chi connectivity index (χ2n) is 10.0. The SMILES string of the molecule is Cc1c(C)c(C)c(-c2ccc(Oc3ccc(C4CCC(C/C=C/F)CC4)cc3)cc2)c(C)c1C. The fraction of sp³-hybridized carbons (Fsp3) is 0.375. The van der Waals surface area contributed by atoms with E-state index in [2.05, 4.69) is 83.1 Å². The molecule has 1 fully saturated rings. The molecule has 3 aromatic carbocycles. The summed E-state index contributed by atoms with van der Waals surface area (Å²) in [6.07, 6.45) is 7.94. The van der Waals surface area contributed by atoms with Crippen molar-refractivity contribution in [2.75, 3.05) is 0 Å². The summed E-state index contributed by atoms with van der Waals surface area (Å²) in [5, 5.41) is 0. The lowest BCUT2D eigenvalue weighted by atomic mass is 9.77. The van der Waals surface area contributed by atoms with Crippen LogP contribution in [0, 0.1) is 40.5 Å². The smallest absolute Gasteiger partial charge is 0.127 e. The van der Waals surface area contributed by atoms with Crippen LogP contribution >= 0.6 is 0 Å². The molecule has 0 amide bonds. The Kier molecular flexibility index (Phi) is 7.56. The van der Waals surface area contributed by atoms with Gasteiger partial charge in [0.15, 0.2) is 0 Å². The normalized spacial score (nSPS) is 18.4. The van der Waals surface area contributed by atoms with Gasteiger partial charge >= 0.3 is 0 Å². The summed E-state index contributed by atoms with van der Waals surface area (Å²) in [6, 6.07) is 17.1. The lowest BCUT2D eigenvalue weighted by molar-refractivity contribution is 0.327. The Hall–Kier alpha value is -2.87. The fourth-order valence-corrected chi connectivity index (χ4v) is 5.54. The minimum Gasteiger partial charge on any atom is -0.457 e. The van der Waals surface area contributed by atoms with Gasteiger partial charge in [0.25, 0.3) is 0 Å². The molecule has 0 radical (unpaired) electrons. The Morgan fingerprint density at radius 3 is 1.74 bits per heavy atom. The van der Waals surface area contributed by atoms with Gasteiger partial charge in [0.05, 0.1) is 6.33 Å². The van der Waals surface area contributed by atoms with Gasteiger partial charge in [0, 0.05) is 0 Å². The average Bonchev–Trinajstić information content (AvgIpc) is 2.87. The Morgan fingerprint density at radius 2 is 1.21 bits per heavy atom. The van der Waals surface area contributed by atoms with Crippen LogP contribution in [0.25, 0.3) is 11.1 Å². The summed E-state index contributed by atoms with van der Waals surface area (Å²) in [7, 11) is 0. The van der Waals surface area contributed by atoms with Crippen molar-refractivity contribution >= 4 is 0 Å². The molecule has 1 aliphatic carbocycles. The van der Waals surface area contributed by atoms with Crippen LogP contribution in [0.1, 0.15) is 71.4 Å². The van der Waals surface area contributed by atoms with Crippen molar-refractivity contribution in [3.63, 3.8) is 0 Å². The van der Waals surface area contributed by atoms with Gasteiger partial charge in [-0.25, -0.2) is 4.39 Å². The van der Waals surface area contributed by atoms with Gasteiger partial charge in [-0.1, -0.05) is 30.3 Å². The van der Waals surface area contributed by atoms with Gasteiger partial charge in [-0.2, -0.15) is 0 Å². The summed E-state index contributed by atoms with van der Waals surface area (Å²) in [6.45, 7) is 11.1. The first kappa shape index (κ1) is 24.3. The first-order valence-corrected chi connectivity index (χ1v) is 12.6. The maximum absolute atomic E-state index is 12.3. The summed E-state index contributed by atoms with van der Waals surface area (Å²) < 4.78 is 18.4. The number of hydrogen-bond acceptors (Lipinski definition) is 1. The van der Waals surface area contributed by atoms with Gasteiger partial charge < -0.3 is 4.74 Å². The van der Waals surface area contributed by atoms with E-state index in [1.165, 1.54) is 70.2 Å². The molecule has 0 aromatic heterocycles. The van der Waals surface area contributed by atoms with E-state index in [1.54, 1.807) is 6.08 Å². The zero-order chi connectivity index (χ0) is 24.2. The first-order chi connectivity index (χ1) is 16.4. The molecule has 34 heavy (non-hydrogen) atoms. The van der Waals surface area contributed by atoms with Crippen molar-refractivity contribution in [2.24, 2.45) is 5.92 Å². The van der Waals surface area contributed by atoms with Crippen molar-refractivity contribution in [3.05, 3.63) is 94.3 Å². The topological polar surface area (TPSA) is 9.23 Å². The van der Waals surface area contributed by atoms with E-state index in [0.29, 0.717) is 18.2 Å². The highest BCUT2D eigenvalue weighted by Gasteiger charge is 2.21. The molecule has 178 valence electrons. The first-order valence-electron chi connectivity index (χ1n) is 12.6. The van der Waals surface area contributed by atoms with Crippen molar-refractivity contribution in [2.45, 2.75) is 72.6 Å². The number of hydrogen-bond donors (Lipinski definition) is 0. The minimum atomic E-state index is 0.604. The van der Waals surface area contributed by atoms with Gasteiger partial charge in [0.2, 0.25) is 0 Å². The summed E-state index contributed by atoms with van der Waals surface area (Å²) >= 11 is 0. The number of halogens is 1. The Balaban J connectivity index is 1.42. The van der Waals surface area contributed by atoms with Crippen LogP contribution in [0.5, 0.6) is 11.5 Å². The van der Waals surface area contributed by atoms with Crippen LogP contribution in [-0.2, 0) is 0 Å². The predicted molar refractivity (Wildman–Crippen MR) is 142 cm³/mol. The lowest BCUT2D eigenvalue weighted by Gasteiger charge is -2.28. The highest BCUT2D eigenvalue weighted by molar-refractivity contribution is 5.75. The second kappa shape index (κ2) is 10.6. The van der Waals surface area contributed by atoms with Crippen LogP contribution in [0.3, 0.4) is 0 Å². The fourth-order valence-electron chi connectivity index (χ4n) is 5.54. The zero-order valence-electron chi connectivity index (χ0n) is 21.2. The Morgan fingerprint density at radius 1 is 0.706 bits per heavy atom. The molecule has 1 nitrogen and oxygen atoms in total. The van der Waals surface area contributed by atoms with E-state index >= 15 is 0 Å². The molecule has 0 aliphatic heterocycles. The molecule has 0 atom stereocenters. The summed E-state index contributed by atoms with van der Waals surface area (Å²) in [5.74, 6) is 2.96. The molecule has 4 rings (SSSR count). The largest absolute Gasteiger partial charge is 0.457 e. The van der Waals surface area contributed by atoms with Gasteiger partial charge in [0.1, 0.15) is 11.5 Å². The molecule has 0 N–H and O–H groups in total. The summed E-state index contributed by atoms with van der Waals surface area (Å²) in [5.41, 5.74) is 10.8. The minimum absolute atomic E-state index is 0.604. The van der Waals surface area contributed by atoms with Crippen LogP contribution in [0.4, 0.5) is 4.39 Å². The van der Waals surface area contributed by atoms with Crippen molar-refractivity contribution in [3.8, 4) is 22.6 Å². The highest BCUT2D eigenvalue weighted by Crippen LogP contribution is 2.38. The second-order valence-corrected chi connectivity index (χ2v) is 10.0. The van der Waals surface area contributed by atoms with Crippen molar-refractivity contribution in [1.82, 2.24) is 0 Å². The maximum Gasteiger partial charge on any atom is 0.127 e. The van der Waals surface area contributed by atoms with E-state index in [-0.39, 0.29) is 0 Å². The van der Waals surface area contributed by atoms with Crippen molar-refractivity contribution in [1.29, 1.82) is 0 Å². The summed E-state index contributed by atoms with van der Waals surface area (Å²) in [4.78, 5) is 0. The molecular weight excluding hydrogens is 419 g/mol. The average molecular weight is 457 g/mol. The zero-order valence-corrected chi connectivity index (χ0v) is 21.2. The number of ether oxygens (including phenoxy) is 1. The number of rotatable bonds is 6. The van der Waals surface area contributed by atoms with Crippen LogP contribution in [0.2, 0.25) is 0 Å². The van der Waals surface area contributed by atoms with E-state index in [1.807, 2.05) is 0 Å². The van der Waals surface area contributed by atoms with E-state index in [0.717, 1.165) is 17.9 Å².